The molecule has 0 bridgehead atoms. The number of aromatic nitrogens is 2. The van der Waals surface area contributed by atoms with E-state index in [2.05, 4.69) is 60.4 Å². The number of carbonyl (C=O) groups is 1. The smallest absolute Gasteiger partial charge is 0.222 e. The van der Waals surface area contributed by atoms with Crippen LogP contribution >= 0.6 is 0 Å². The lowest BCUT2D eigenvalue weighted by Gasteiger charge is -2.32. The Kier molecular flexibility index (Phi) is 6.53. The van der Waals surface area contributed by atoms with Crippen molar-refractivity contribution in [3.8, 4) is 11.3 Å². The van der Waals surface area contributed by atoms with Crippen LogP contribution in [0, 0.1) is 6.92 Å². The minimum absolute atomic E-state index is 0.258. The Bertz CT molecular complexity index is 986. The Morgan fingerprint density at radius 3 is 2.80 bits per heavy atom. The molecule has 1 saturated heterocycles. The Morgan fingerprint density at radius 1 is 1.10 bits per heavy atom. The van der Waals surface area contributed by atoms with Gasteiger partial charge < -0.3 is 4.90 Å². The maximum Gasteiger partial charge on any atom is 0.222 e. The van der Waals surface area contributed by atoms with Crippen molar-refractivity contribution in [2.75, 3.05) is 13.1 Å². The number of carbonyl (C=O) groups excluding carboxylic acids is 1. The van der Waals surface area contributed by atoms with Crippen molar-refractivity contribution in [1.82, 2.24) is 14.9 Å². The van der Waals surface area contributed by atoms with Crippen LogP contribution in [0.1, 0.15) is 48.4 Å². The summed E-state index contributed by atoms with van der Waals surface area (Å²) in [6.07, 6.45) is 8.23. The summed E-state index contributed by atoms with van der Waals surface area (Å²) < 4.78 is 0. The molecule has 2 aromatic carbocycles. The summed E-state index contributed by atoms with van der Waals surface area (Å²) in [6, 6.07) is 18.7. The highest BCUT2D eigenvalue weighted by Gasteiger charge is 2.25. The van der Waals surface area contributed by atoms with Crippen molar-refractivity contribution >= 4 is 5.91 Å². The van der Waals surface area contributed by atoms with Crippen LogP contribution in [-0.2, 0) is 11.2 Å². The Balaban J connectivity index is 1.37. The highest BCUT2D eigenvalue weighted by molar-refractivity contribution is 5.76. The van der Waals surface area contributed by atoms with Gasteiger partial charge in [-0.25, -0.2) is 4.98 Å². The van der Waals surface area contributed by atoms with Gasteiger partial charge in [-0.1, -0.05) is 54.1 Å². The summed E-state index contributed by atoms with van der Waals surface area (Å²) in [6.45, 7) is 3.69. The van der Waals surface area contributed by atoms with Crippen LogP contribution in [0.2, 0.25) is 0 Å². The fourth-order valence-corrected chi connectivity index (χ4v) is 4.21. The molecule has 4 heteroatoms. The third-order valence-electron chi connectivity index (χ3n) is 5.86. The summed E-state index contributed by atoms with van der Waals surface area (Å²) in [5.41, 5.74) is 5.50. The summed E-state index contributed by atoms with van der Waals surface area (Å²) in [5.74, 6) is 0.521. The third kappa shape index (κ3) is 5.12. The maximum absolute atomic E-state index is 12.8. The molecule has 0 unspecified atom stereocenters. The molecule has 1 fully saturated rings. The molecule has 30 heavy (non-hydrogen) atoms. The Morgan fingerprint density at radius 2 is 1.97 bits per heavy atom. The molecule has 0 aliphatic carbocycles. The minimum atomic E-state index is 0.258. The monoisotopic (exact) mass is 399 g/mol. The molecule has 4 rings (SSSR count). The normalized spacial score (nSPS) is 16.4. The van der Waals surface area contributed by atoms with Crippen LogP contribution in [0.5, 0.6) is 0 Å². The first kappa shape index (κ1) is 20.3. The second-order valence-corrected chi connectivity index (χ2v) is 8.22. The zero-order valence-electron chi connectivity index (χ0n) is 17.6. The van der Waals surface area contributed by atoms with Gasteiger partial charge in [-0.05, 0) is 44.2 Å². The number of rotatable bonds is 6. The van der Waals surface area contributed by atoms with E-state index < -0.39 is 0 Å². The fraction of sp³-hybridized carbons (Fsp3) is 0.346. The molecule has 1 aromatic heterocycles. The number of benzene rings is 2. The van der Waals surface area contributed by atoms with Gasteiger partial charge in [0.25, 0.3) is 0 Å². The molecular formula is C26H29N3O. The van der Waals surface area contributed by atoms with E-state index in [1.165, 1.54) is 11.1 Å². The predicted octanol–water partition coefficient (Wildman–Crippen LogP) is 5.18. The van der Waals surface area contributed by atoms with E-state index in [0.29, 0.717) is 6.42 Å². The molecular weight excluding hydrogens is 370 g/mol. The quantitative estimate of drug-likeness (QED) is 0.574. The molecule has 4 nitrogen and oxygen atoms in total. The van der Waals surface area contributed by atoms with E-state index in [4.69, 9.17) is 4.98 Å². The fourth-order valence-electron chi connectivity index (χ4n) is 4.21. The van der Waals surface area contributed by atoms with Crippen molar-refractivity contribution in [3.63, 3.8) is 0 Å². The van der Waals surface area contributed by atoms with E-state index >= 15 is 0 Å². The van der Waals surface area contributed by atoms with Crippen LogP contribution in [0.4, 0.5) is 0 Å². The molecule has 1 amide bonds. The molecule has 2 heterocycles. The van der Waals surface area contributed by atoms with Gasteiger partial charge >= 0.3 is 0 Å². The highest BCUT2D eigenvalue weighted by atomic mass is 16.2. The van der Waals surface area contributed by atoms with Gasteiger partial charge in [0.15, 0.2) is 0 Å². The van der Waals surface area contributed by atoms with E-state index in [1.54, 1.807) is 0 Å². The van der Waals surface area contributed by atoms with Crippen molar-refractivity contribution in [1.29, 1.82) is 0 Å². The minimum Gasteiger partial charge on any atom is -0.342 e. The van der Waals surface area contributed by atoms with Gasteiger partial charge in [-0.2, -0.15) is 0 Å². The van der Waals surface area contributed by atoms with E-state index in [1.807, 2.05) is 23.4 Å². The summed E-state index contributed by atoms with van der Waals surface area (Å²) in [7, 11) is 0. The largest absolute Gasteiger partial charge is 0.342 e. The van der Waals surface area contributed by atoms with Crippen LogP contribution in [0.15, 0.2) is 67.0 Å². The van der Waals surface area contributed by atoms with Crippen molar-refractivity contribution < 1.29 is 4.79 Å². The van der Waals surface area contributed by atoms with E-state index in [0.717, 1.165) is 55.7 Å². The van der Waals surface area contributed by atoms with Crippen LogP contribution < -0.4 is 0 Å². The number of hydrogen-bond acceptors (Lipinski definition) is 3. The molecule has 1 aliphatic heterocycles. The van der Waals surface area contributed by atoms with Gasteiger partial charge in [0, 0.05) is 37.2 Å². The Labute approximate surface area is 179 Å². The van der Waals surface area contributed by atoms with E-state index in [9.17, 15) is 4.79 Å². The molecule has 0 radical (unpaired) electrons. The second kappa shape index (κ2) is 9.66. The summed E-state index contributed by atoms with van der Waals surface area (Å²) >= 11 is 0. The lowest BCUT2D eigenvalue weighted by molar-refractivity contribution is -0.132. The molecule has 154 valence electrons. The van der Waals surface area contributed by atoms with Crippen molar-refractivity contribution in [2.45, 2.75) is 44.9 Å². The van der Waals surface area contributed by atoms with E-state index in [-0.39, 0.29) is 11.8 Å². The zero-order chi connectivity index (χ0) is 20.8. The summed E-state index contributed by atoms with van der Waals surface area (Å²) in [4.78, 5) is 24.2. The third-order valence-corrected chi connectivity index (χ3v) is 5.86. The topological polar surface area (TPSA) is 46.1 Å². The molecule has 1 atom stereocenters. The summed E-state index contributed by atoms with van der Waals surface area (Å²) in [5, 5.41) is 0. The van der Waals surface area contributed by atoms with Gasteiger partial charge in [0.05, 0.1) is 17.6 Å². The van der Waals surface area contributed by atoms with Crippen molar-refractivity contribution in [3.05, 3.63) is 83.8 Å². The van der Waals surface area contributed by atoms with Gasteiger partial charge in [-0.3, -0.25) is 9.78 Å². The first-order chi connectivity index (χ1) is 14.7. The van der Waals surface area contributed by atoms with Crippen LogP contribution in [0.3, 0.4) is 0 Å². The standard InChI is InChI=1S/C26H29N3O/c1-20-8-5-12-22(16-20)24-17-27-18-25(28-24)23-13-7-15-29(19-23)26(30)14-6-11-21-9-3-2-4-10-21/h2-5,8-10,12,16-18,23H,6-7,11,13-15,19H2,1H3/t23-/m0/s1. The molecule has 0 N–H and O–H groups in total. The first-order valence-electron chi connectivity index (χ1n) is 10.9. The predicted molar refractivity (Wildman–Crippen MR) is 120 cm³/mol. The number of amides is 1. The van der Waals surface area contributed by atoms with Crippen LogP contribution in [0.25, 0.3) is 11.3 Å². The molecule has 0 spiro atoms. The number of nitrogens with zero attached hydrogens (tertiary/aromatic N) is 3. The lowest BCUT2D eigenvalue weighted by Crippen LogP contribution is -2.39. The van der Waals surface area contributed by atoms with Crippen LogP contribution in [-0.4, -0.2) is 33.9 Å². The SMILES string of the molecule is Cc1cccc(-c2cncc([C@H]3CCCN(C(=O)CCCc4ccccc4)C3)n2)c1. The molecule has 0 saturated carbocycles. The number of hydrogen-bond donors (Lipinski definition) is 0. The first-order valence-corrected chi connectivity index (χ1v) is 10.9. The van der Waals surface area contributed by atoms with Gasteiger partial charge in [0.1, 0.15) is 0 Å². The molecule has 1 aliphatic rings. The second-order valence-electron chi connectivity index (χ2n) is 8.22. The van der Waals surface area contributed by atoms with Gasteiger partial charge in [-0.15, -0.1) is 0 Å². The zero-order valence-corrected chi connectivity index (χ0v) is 17.6. The average molecular weight is 400 g/mol. The maximum atomic E-state index is 12.8. The number of likely N-dealkylation sites (tertiary alicyclic amines) is 1. The molecule has 3 aromatic rings. The van der Waals surface area contributed by atoms with Crippen molar-refractivity contribution in [2.24, 2.45) is 0 Å². The number of piperidine rings is 1. The number of aryl methyl sites for hydroxylation is 2. The van der Waals surface area contributed by atoms with Gasteiger partial charge in [0.2, 0.25) is 5.91 Å². The Hall–Kier alpha value is -3.01. The lowest BCUT2D eigenvalue weighted by atomic mass is 9.94. The average Bonchev–Trinajstić information content (AvgIpc) is 2.80. The highest BCUT2D eigenvalue weighted by Crippen LogP contribution is 2.27.